The van der Waals surface area contributed by atoms with Gasteiger partial charge in [0.1, 0.15) is 0 Å². The summed E-state index contributed by atoms with van der Waals surface area (Å²) >= 11 is 1.31. The van der Waals surface area contributed by atoms with Crippen molar-refractivity contribution < 1.29 is 18.3 Å². The number of thiazole rings is 1. The summed E-state index contributed by atoms with van der Waals surface area (Å²) in [6.07, 6.45) is 3.30. The summed E-state index contributed by atoms with van der Waals surface area (Å²) in [5.41, 5.74) is 0.343. The van der Waals surface area contributed by atoms with Crippen molar-refractivity contribution in [2.75, 3.05) is 24.2 Å². The number of hydrogen-bond acceptors (Lipinski definition) is 7. The minimum atomic E-state index is -3.36. The number of sulfone groups is 1. The Labute approximate surface area is 150 Å². The number of aromatic nitrogens is 1. The van der Waals surface area contributed by atoms with Crippen LogP contribution in [0.15, 0.2) is 35.4 Å². The van der Waals surface area contributed by atoms with E-state index in [1.54, 1.807) is 18.3 Å². The van der Waals surface area contributed by atoms with E-state index < -0.39 is 9.84 Å². The summed E-state index contributed by atoms with van der Waals surface area (Å²) in [6, 6.07) is 6.08. The highest BCUT2D eigenvalue weighted by molar-refractivity contribution is 7.90. The van der Waals surface area contributed by atoms with E-state index in [1.165, 1.54) is 23.5 Å². The summed E-state index contributed by atoms with van der Waals surface area (Å²) in [6.45, 7) is 1.64. The van der Waals surface area contributed by atoms with Gasteiger partial charge in [-0.1, -0.05) is 23.5 Å². The third-order valence-electron chi connectivity index (χ3n) is 5.04. The Hall–Kier alpha value is -1.77. The normalized spacial score (nSPS) is 25.5. The van der Waals surface area contributed by atoms with Crippen LogP contribution in [0.5, 0.6) is 0 Å². The number of nitrogens with zero attached hydrogens (tertiary/aromatic N) is 2. The van der Waals surface area contributed by atoms with Crippen LogP contribution in [0.25, 0.3) is 0 Å². The molecular formula is C17H18N2O4S2. The molecule has 0 radical (unpaired) electrons. The average molecular weight is 378 g/mol. The van der Waals surface area contributed by atoms with Gasteiger partial charge in [0.2, 0.25) is 5.78 Å². The number of carbonyl (C=O) groups excluding carboxylic acids is 1. The molecule has 1 aliphatic carbocycles. The van der Waals surface area contributed by atoms with Crippen LogP contribution in [0, 0.1) is 11.8 Å². The van der Waals surface area contributed by atoms with Crippen molar-refractivity contribution >= 4 is 32.1 Å². The zero-order chi connectivity index (χ0) is 17.8. The fourth-order valence-electron chi connectivity index (χ4n) is 3.55. The Morgan fingerprint density at radius 1 is 1.36 bits per heavy atom. The van der Waals surface area contributed by atoms with Crippen molar-refractivity contribution in [1.29, 1.82) is 0 Å². The predicted octanol–water partition coefficient (Wildman–Crippen LogP) is 1.59. The van der Waals surface area contributed by atoms with Crippen LogP contribution in [0.2, 0.25) is 0 Å². The quantitative estimate of drug-likeness (QED) is 0.813. The first-order chi connectivity index (χ1) is 11.8. The molecule has 1 aliphatic heterocycles. The van der Waals surface area contributed by atoms with Crippen LogP contribution in [0.3, 0.4) is 0 Å². The smallest absolute Gasteiger partial charge is 0.204 e. The highest BCUT2D eigenvalue weighted by atomic mass is 32.2. The number of benzene rings is 1. The van der Waals surface area contributed by atoms with E-state index in [4.69, 9.17) is 0 Å². The minimum absolute atomic E-state index is 0.133. The van der Waals surface area contributed by atoms with Gasteiger partial charge in [0.05, 0.1) is 22.1 Å². The molecule has 4 rings (SSSR count). The van der Waals surface area contributed by atoms with Crippen LogP contribution in [-0.2, 0) is 9.84 Å². The third kappa shape index (κ3) is 2.98. The monoisotopic (exact) mass is 378 g/mol. The topological polar surface area (TPSA) is 87.6 Å². The molecule has 0 bridgehead atoms. The highest BCUT2D eigenvalue weighted by Crippen LogP contribution is 2.43. The molecule has 0 spiro atoms. The third-order valence-corrected chi connectivity index (χ3v) is 7.21. The molecule has 1 saturated carbocycles. The van der Waals surface area contributed by atoms with Gasteiger partial charge in [-0.15, -0.1) is 0 Å². The van der Waals surface area contributed by atoms with E-state index in [1.807, 2.05) is 0 Å². The van der Waals surface area contributed by atoms with Gasteiger partial charge in [-0.05, 0) is 24.5 Å². The van der Waals surface area contributed by atoms with Crippen molar-refractivity contribution in [2.45, 2.75) is 17.4 Å². The Balaban J connectivity index is 1.55. The summed E-state index contributed by atoms with van der Waals surface area (Å²) in [7, 11) is -3.36. The lowest BCUT2D eigenvalue weighted by atomic mass is 9.74. The van der Waals surface area contributed by atoms with E-state index in [0.29, 0.717) is 22.3 Å². The molecule has 6 nitrogen and oxygen atoms in total. The van der Waals surface area contributed by atoms with Crippen molar-refractivity contribution in [1.82, 2.24) is 4.98 Å². The SMILES string of the molecule is CS(=O)(=O)c1cccc(C(=O)c2cnc(N3C[C@@H]4C[C@@H](O)[C@@H]4C3)s2)c1. The van der Waals surface area contributed by atoms with Crippen molar-refractivity contribution in [3.8, 4) is 0 Å². The standard InChI is InChI=1S/C17H18N2O4S2/c1-25(22,23)12-4-2-3-10(5-12)16(21)15-7-18-17(24-15)19-8-11-6-14(20)13(11)9-19/h2-5,7,11,13-14,20H,6,8-9H2,1H3/t11-,13+,14+/m0/s1. The zero-order valence-electron chi connectivity index (χ0n) is 13.6. The number of anilines is 1. The molecule has 1 aromatic heterocycles. The van der Waals surface area contributed by atoms with Crippen LogP contribution >= 0.6 is 11.3 Å². The molecule has 1 N–H and O–H groups in total. The van der Waals surface area contributed by atoms with E-state index >= 15 is 0 Å². The molecule has 1 aromatic carbocycles. The Kier molecular flexibility index (Phi) is 3.93. The maximum Gasteiger partial charge on any atom is 0.204 e. The summed E-state index contributed by atoms with van der Waals surface area (Å²) in [4.78, 5) is 19.8. The predicted molar refractivity (Wildman–Crippen MR) is 94.9 cm³/mol. The molecule has 132 valence electrons. The van der Waals surface area contributed by atoms with Crippen LogP contribution in [0.1, 0.15) is 21.7 Å². The lowest BCUT2D eigenvalue weighted by Crippen LogP contribution is -2.39. The first-order valence-corrected chi connectivity index (χ1v) is 10.8. The number of ketones is 1. The van der Waals surface area contributed by atoms with Crippen molar-refractivity contribution in [2.24, 2.45) is 11.8 Å². The molecule has 0 amide bonds. The fraction of sp³-hybridized carbons (Fsp3) is 0.412. The summed E-state index contributed by atoms with van der Waals surface area (Å²) in [5.74, 6) is 0.607. The van der Waals surface area contributed by atoms with Gasteiger partial charge in [-0.2, -0.15) is 0 Å². The van der Waals surface area contributed by atoms with Gasteiger partial charge < -0.3 is 10.0 Å². The number of fused-ring (bicyclic) bond motifs is 1. The maximum atomic E-state index is 12.7. The van der Waals surface area contributed by atoms with Crippen molar-refractivity contribution in [3.63, 3.8) is 0 Å². The number of aliphatic hydroxyl groups is 1. The Bertz CT molecular complexity index is 938. The van der Waals surface area contributed by atoms with Crippen LogP contribution in [0.4, 0.5) is 5.13 Å². The lowest BCUT2D eigenvalue weighted by molar-refractivity contribution is -0.00399. The van der Waals surface area contributed by atoms with Gasteiger partial charge in [0.25, 0.3) is 0 Å². The zero-order valence-corrected chi connectivity index (χ0v) is 15.3. The van der Waals surface area contributed by atoms with Gasteiger partial charge in [0.15, 0.2) is 15.0 Å². The van der Waals surface area contributed by atoms with Gasteiger partial charge in [0, 0.05) is 30.8 Å². The number of hydrogen-bond donors (Lipinski definition) is 1. The fourth-order valence-corrected chi connectivity index (χ4v) is 5.12. The second kappa shape index (κ2) is 5.89. The number of aliphatic hydroxyl groups excluding tert-OH is 1. The van der Waals surface area contributed by atoms with E-state index in [2.05, 4.69) is 9.88 Å². The summed E-state index contributed by atoms with van der Waals surface area (Å²) < 4.78 is 23.3. The highest BCUT2D eigenvalue weighted by Gasteiger charge is 2.46. The number of rotatable bonds is 4. The molecule has 2 heterocycles. The second-order valence-corrected chi connectivity index (χ2v) is 9.79. The first-order valence-electron chi connectivity index (χ1n) is 8.06. The largest absolute Gasteiger partial charge is 0.393 e. The van der Waals surface area contributed by atoms with Crippen LogP contribution in [-0.4, -0.2) is 49.7 Å². The average Bonchev–Trinajstić information content (AvgIpc) is 3.17. The summed E-state index contributed by atoms with van der Waals surface area (Å²) in [5, 5.41) is 10.6. The Morgan fingerprint density at radius 2 is 2.16 bits per heavy atom. The van der Waals surface area contributed by atoms with E-state index in [9.17, 15) is 18.3 Å². The molecule has 2 aliphatic rings. The van der Waals surface area contributed by atoms with E-state index in [-0.39, 0.29) is 16.8 Å². The Morgan fingerprint density at radius 3 is 2.84 bits per heavy atom. The molecular weight excluding hydrogens is 360 g/mol. The molecule has 1 saturated heterocycles. The van der Waals surface area contributed by atoms with Gasteiger partial charge >= 0.3 is 0 Å². The molecule has 0 unspecified atom stereocenters. The van der Waals surface area contributed by atoms with Crippen molar-refractivity contribution in [3.05, 3.63) is 40.9 Å². The van der Waals surface area contributed by atoms with Crippen LogP contribution < -0.4 is 4.90 Å². The second-order valence-electron chi connectivity index (χ2n) is 6.77. The molecule has 3 atom stereocenters. The maximum absolute atomic E-state index is 12.7. The lowest BCUT2D eigenvalue weighted by Gasteiger charge is -2.34. The molecule has 8 heteroatoms. The van der Waals surface area contributed by atoms with Gasteiger partial charge in [-0.3, -0.25) is 4.79 Å². The van der Waals surface area contributed by atoms with E-state index in [0.717, 1.165) is 30.9 Å². The number of carbonyl (C=O) groups is 1. The minimum Gasteiger partial charge on any atom is -0.393 e. The molecule has 25 heavy (non-hydrogen) atoms. The molecule has 2 aromatic rings. The van der Waals surface area contributed by atoms with Gasteiger partial charge in [-0.25, -0.2) is 13.4 Å². The first kappa shape index (κ1) is 16.7. The molecule has 2 fully saturated rings.